The lowest BCUT2D eigenvalue weighted by Crippen LogP contribution is -2.52. The number of piperidine rings is 1. The largest absolute Gasteiger partial charge is 0.347 e. The fourth-order valence-corrected chi connectivity index (χ4v) is 5.52. The van der Waals surface area contributed by atoms with E-state index < -0.39 is 11.9 Å². The van der Waals surface area contributed by atoms with E-state index in [-0.39, 0.29) is 35.9 Å². The number of nitrogens with zero attached hydrogens (tertiary/aromatic N) is 4. The van der Waals surface area contributed by atoms with E-state index in [1.807, 2.05) is 6.07 Å². The van der Waals surface area contributed by atoms with Crippen LogP contribution in [0.5, 0.6) is 0 Å². The highest BCUT2D eigenvalue weighted by Crippen LogP contribution is 2.36. The summed E-state index contributed by atoms with van der Waals surface area (Å²) in [5, 5.41) is 13.5. The van der Waals surface area contributed by atoms with Gasteiger partial charge in [0.15, 0.2) is 5.69 Å². The Kier molecular flexibility index (Phi) is 4.82. The molecule has 174 valence electrons. The molecule has 2 fully saturated rings. The fourth-order valence-electron chi connectivity index (χ4n) is 5.52. The molecule has 3 heterocycles. The first-order valence-corrected chi connectivity index (χ1v) is 11.7. The summed E-state index contributed by atoms with van der Waals surface area (Å²) in [6.45, 7) is 0.309. The number of allylic oxidation sites excluding steroid dienone is 1. The van der Waals surface area contributed by atoms with Gasteiger partial charge < -0.3 is 10.2 Å². The molecule has 2 aromatic rings. The second-order valence-corrected chi connectivity index (χ2v) is 9.49. The van der Waals surface area contributed by atoms with E-state index in [1.165, 1.54) is 16.0 Å². The van der Waals surface area contributed by atoms with E-state index >= 15 is 0 Å². The molecule has 10 nitrogen and oxygen atoms in total. The van der Waals surface area contributed by atoms with Gasteiger partial charge in [0.2, 0.25) is 11.8 Å². The molecule has 1 aromatic carbocycles. The van der Waals surface area contributed by atoms with Crippen LogP contribution in [0.2, 0.25) is 0 Å². The van der Waals surface area contributed by atoms with Crippen molar-refractivity contribution in [3.63, 3.8) is 0 Å². The van der Waals surface area contributed by atoms with E-state index in [1.54, 1.807) is 18.3 Å². The van der Waals surface area contributed by atoms with Gasteiger partial charge in [-0.05, 0) is 55.2 Å². The summed E-state index contributed by atoms with van der Waals surface area (Å²) >= 11 is 0. The Morgan fingerprint density at radius 3 is 2.74 bits per heavy atom. The van der Waals surface area contributed by atoms with Crippen molar-refractivity contribution >= 4 is 23.6 Å². The topological polar surface area (TPSA) is 126 Å². The molecule has 5 aliphatic rings. The first kappa shape index (κ1) is 20.8. The van der Waals surface area contributed by atoms with Crippen LogP contribution in [-0.4, -0.2) is 55.6 Å². The third-order valence-electron chi connectivity index (χ3n) is 7.39. The quantitative estimate of drug-likeness (QED) is 0.520. The molecule has 3 aliphatic carbocycles. The fraction of sp³-hybridized carbons (Fsp3) is 0.417. The van der Waals surface area contributed by atoms with Crippen molar-refractivity contribution in [3.8, 4) is 5.69 Å². The standard InChI is InChI=1S/C24H24N6O4/c31-21-8-7-20(23(33)26-21)29-11-15-5-6-16(10-17(15)24(29)34)30-12-19(27-28-30)22(32)25-18-9-13-1-3-14(18)4-2-13/h1,3,5-6,10,12-14,18,20H,2,4,7-9,11H2,(H,25,32)(H,26,31,33). The molecule has 2 N–H and O–H groups in total. The Morgan fingerprint density at radius 2 is 2.00 bits per heavy atom. The summed E-state index contributed by atoms with van der Waals surface area (Å²) < 4.78 is 1.48. The summed E-state index contributed by atoms with van der Waals surface area (Å²) in [5.41, 5.74) is 2.11. The van der Waals surface area contributed by atoms with Gasteiger partial charge in [-0.25, -0.2) is 4.68 Å². The van der Waals surface area contributed by atoms with Crippen LogP contribution in [-0.2, 0) is 16.1 Å². The number of benzene rings is 1. The first-order chi connectivity index (χ1) is 16.5. The van der Waals surface area contributed by atoms with Crippen molar-refractivity contribution < 1.29 is 19.2 Å². The molecule has 7 rings (SSSR count). The monoisotopic (exact) mass is 460 g/mol. The second-order valence-electron chi connectivity index (χ2n) is 9.49. The number of carbonyl (C=O) groups is 4. The van der Waals surface area contributed by atoms with E-state index in [0.29, 0.717) is 36.1 Å². The molecule has 4 unspecified atom stereocenters. The molecule has 1 saturated carbocycles. The number of carbonyl (C=O) groups excluding carboxylic acids is 4. The SMILES string of the molecule is O=C1CCC(N2Cc3ccc(-n4cc(C(=O)NC5CC6C=CC5CC6)nn4)cc3C2=O)C(=O)N1. The van der Waals surface area contributed by atoms with Crippen molar-refractivity contribution in [2.75, 3.05) is 0 Å². The third-order valence-corrected chi connectivity index (χ3v) is 7.39. The minimum Gasteiger partial charge on any atom is -0.347 e. The van der Waals surface area contributed by atoms with Crippen LogP contribution < -0.4 is 10.6 Å². The summed E-state index contributed by atoms with van der Waals surface area (Å²) in [7, 11) is 0. The molecule has 0 radical (unpaired) electrons. The van der Waals surface area contributed by atoms with Crippen LogP contribution in [0.4, 0.5) is 0 Å². The number of amides is 4. The van der Waals surface area contributed by atoms with E-state index in [9.17, 15) is 19.2 Å². The van der Waals surface area contributed by atoms with E-state index in [2.05, 4.69) is 33.1 Å². The minimum absolute atomic E-state index is 0.122. The number of imide groups is 1. The van der Waals surface area contributed by atoms with Crippen molar-refractivity contribution in [1.82, 2.24) is 30.5 Å². The highest BCUT2D eigenvalue weighted by molar-refractivity contribution is 6.05. The lowest BCUT2D eigenvalue weighted by atomic mass is 9.73. The average Bonchev–Trinajstić information content (AvgIpc) is 3.45. The van der Waals surface area contributed by atoms with Gasteiger partial charge in [-0.3, -0.25) is 24.5 Å². The predicted molar refractivity (Wildman–Crippen MR) is 119 cm³/mol. The van der Waals surface area contributed by atoms with Gasteiger partial charge in [-0.1, -0.05) is 23.4 Å². The van der Waals surface area contributed by atoms with Crippen LogP contribution in [0.3, 0.4) is 0 Å². The molecular formula is C24H24N6O4. The maximum atomic E-state index is 13.1. The van der Waals surface area contributed by atoms with Gasteiger partial charge in [0.05, 0.1) is 11.9 Å². The molecular weight excluding hydrogens is 436 g/mol. The van der Waals surface area contributed by atoms with Crippen LogP contribution in [0.25, 0.3) is 5.69 Å². The van der Waals surface area contributed by atoms with E-state index in [4.69, 9.17) is 0 Å². The highest BCUT2D eigenvalue weighted by Gasteiger charge is 2.39. The van der Waals surface area contributed by atoms with E-state index in [0.717, 1.165) is 18.4 Å². The van der Waals surface area contributed by atoms with Gasteiger partial charge in [0.25, 0.3) is 11.8 Å². The number of fused-ring (bicyclic) bond motifs is 3. The number of hydrogen-bond donors (Lipinski definition) is 2. The van der Waals surface area contributed by atoms with Crippen molar-refractivity contribution in [2.45, 2.75) is 50.7 Å². The van der Waals surface area contributed by atoms with Gasteiger partial charge in [0.1, 0.15) is 6.04 Å². The molecule has 1 aromatic heterocycles. The zero-order valence-electron chi connectivity index (χ0n) is 18.4. The zero-order valence-corrected chi connectivity index (χ0v) is 18.4. The lowest BCUT2D eigenvalue weighted by Gasteiger charge is -2.38. The number of hydrogen-bond acceptors (Lipinski definition) is 6. The van der Waals surface area contributed by atoms with Crippen LogP contribution in [0.1, 0.15) is 58.5 Å². The van der Waals surface area contributed by atoms with Crippen LogP contribution >= 0.6 is 0 Å². The number of aromatic nitrogens is 3. The summed E-state index contributed by atoms with van der Waals surface area (Å²) in [6, 6.07) is 4.79. The van der Waals surface area contributed by atoms with Crippen LogP contribution in [0, 0.1) is 11.8 Å². The Labute approximate surface area is 195 Å². The Hall–Kier alpha value is -3.82. The van der Waals surface area contributed by atoms with Crippen molar-refractivity contribution in [2.24, 2.45) is 11.8 Å². The maximum Gasteiger partial charge on any atom is 0.273 e. The third kappa shape index (κ3) is 3.49. The molecule has 2 aliphatic heterocycles. The first-order valence-electron chi connectivity index (χ1n) is 11.7. The molecule has 4 amide bonds. The lowest BCUT2D eigenvalue weighted by molar-refractivity contribution is -0.136. The average molecular weight is 460 g/mol. The summed E-state index contributed by atoms with van der Waals surface area (Å²) in [4.78, 5) is 51.0. The molecule has 4 atom stereocenters. The highest BCUT2D eigenvalue weighted by atomic mass is 16.2. The Morgan fingerprint density at radius 1 is 1.12 bits per heavy atom. The normalized spacial score (nSPS) is 27.6. The van der Waals surface area contributed by atoms with Crippen molar-refractivity contribution in [3.05, 3.63) is 53.4 Å². The van der Waals surface area contributed by atoms with Gasteiger partial charge in [0, 0.05) is 24.6 Å². The Bertz CT molecular complexity index is 1250. The number of rotatable bonds is 4. The molecule has 34 heavy (non-hydrogen) atoms. The molecule has 10 heteroatoms. The van der Waals surface area contributed by atoms with Crippen molar-refractivity contribution in [1.29, 1.82) is 0 Å². The van der Waals surface area contributed by atoms with Gasteiger partial charge in [-0.2, -0.15) is 0 Å². The zero-order chi connectivity index (χ0) is 23.4. The molecule has 1 saturated heterocycles. The minimum atomic E-state index is -0.660. The Balaban J connectivity index is 1.17. The summed E-state index contributed by atoms with van der Waals surface area (Å²) in [6.07, 6.45) is 9.78. The smallest absolute Gasteiger partial charge is 0.273 e. The van der Waals surface area contributed by atoms with Gasteiger partial charge in [-0.15, -0.1) is 5.10 Å². The predicted octanol–water partition coefficient (Wildman–Crippen LogP) is 1.11. The summed E-state index contributed by atoms with van der Waals surface area (Å²) in [5.74, 6) is -0.352. The van der Waals surface area contributed by atoms with Crippen LogP contribution in [0.15, 0.2) is 36.5 Å². The second kappa shape index (κ2) is 7.89. The molecule has 2 bridgehead atoms. The maximum absolute atomic E-state index is 13.1. The number of nitrogens with one attached hydrogen (secondary N) is 2. The molecule has 0 spiro atoms. The van der Waals surface area contributed by atoms with Gasteiger partial charge >= 0.3 is 0 Å².